The highest BCUT2D eigenvalue weighted by Gasteiger charge is 2.07. The second-order valence-electron chi connectivity index (χ2n) is 5.72. The predicted molar refractivity (Wildman–Crippen MR) is 96.8 cm³/mol. The first kappa shape index (κ1) is 15.9. The van der Waals surface area contributed by atoms with Gasteiger partial charge in [-0.25, -0.2) is 0 Å². The zero-order valence-electron chi connectivity index (χ0n) is 13.9. The molecular formula is C19H21N5. The number of hydrogen-bond acceptors (Lipinski definition) is 5. The summed E-state index contributed by atoms with van der Waals surface area (Å²) in [5.74, 6) is 1.22. The van der Waals surface area contributed by atoms with Crippen molar-refractivity contribution in [2.24, 2.45) is 0 Å². The second-order valence-corrected chi connectivity index (χ2v) is 5.72. The molecule has 0 aliphatic heterocycles. The summed E-state index contributed by atoms with van der Waals surface area (Å²) in [6, 6.07) is 18.6. The predicted octanol–water partition coefficient (Wildman–Crippen LogP) is 3.97. The lowest BCUT2D eigenvalue weighted by molar-refractivity contribution is 0.857. The van der Waals surface area contributed by atoms with Crippen LogP contribution < -0.4 is 10.6 Å². The van der Waals surface area contributed by atoms with E-state index in [1.807, 2.05) is 30.3 Å². The Balaban J connectivity index is 1.65. The summed E-state index contributed by atoms with van der Waals surface area (Å²) in [6.45, 7) is 4.86. The van der Waals surface area contributed by atoms with Gasteiger partial charge >= 0.3 is 0 Å². The molecule has 5 heteroatoms. The highest BCUT2D eigenvalue weighted by Crippen LogP contribution is 2.17. The van der Waals surface area contributed by atoms with Crippen LogP contribution in [0, 0.1) is 6.92 Å². The third-order valence-corrected chi connectivity index (χ3v) is 3.92. The summed E-state index contributed by atoms with van der Waals surface area (Å²) >= 11 is 0. The van der Waals surface area contributed by atoms with E-state index in [4.69, 9.17) is 0 Å². The van der Waals surface area contributed by atoms with Gasteiger partial charge in [0, 0.05) is 12.6 Å². The van der Waals surface area contributed by atoms with Gasteiger partial charge in [0.05, 0.1) is 6.20 Å². The number of anilines is 2. The molecule has 0 radical (unpaired) electrons. The van der Waals surface area contributed by atoms with E-state index in [0.717, 1.165) is 0 Å². The Morgan fingerprint density at radius 3 is 2.54 bits per heavy atom. The number of aromatic nitrogens is 3. The lowest BCUT2D eigenvalue weighted by atomic mass is 10.1. The standard InChI is InChI=1S/C19H21N5/c1-14-8-6-7-11-17(14)12-20-19-23-18(13-21-24-19)22-15(2)16-9-4-3-5-10-16/h3-11,13,15H,12H2,1-2H3,(H2,20,22,23,24). The van der Waals surface area contributed by atoms with Gasteiger partial charge in [-0.15, -0.1) is 5.10 Å². The van der Waals surface area contributed by atoms with Crippen molar-refractivity contribution in [3.8, 4) is 0 Å². The molecule has 5 nitrogen and oxygen atoms in total. The summed E-state index contributed by atoms with van der Waals surface area (Å²) in [4.78, 5) is 4.49. The van der Waals surface area contributed by atoms with Crippen LogP contribution in [-0.4, -0.2) is 15.2 Å². The van der Waals surface area contributed by atoms with E-state index < -0.39 is 0 Å². The molecule has 1 heterocycles. The van der Waals surface area contributed by atoms with Gasteiger partial charge in [-0.2, -0.15) is 10.1 Å². The highest BCUT2D eigenvalue weighted by molar-refractivity contribution is 5.40. The molecule has 0 fully saturated rings. The molecule has 0 spiro atoms. The average molecular weight is 319 g/mol. The molecule has 122 valence electrons. The fraction of sp³-hybridized carbons (Fsp3) is 0.211. The van der Waals surface area contributed by atoms with Crippen LogP contribution in [0.1, 0.15) is 29.7 Å². The van der Waals surface area contributed by atoms with Crippen molar-refractivity contribution in [1.82, 2.24) is 15.2 Å². The Labute approximate surface area is 142 Å². The minimum Gasteiger partial charge on any atom is -0.362 e. The van der Waals surface area contributed by atoms with E-state index >= 15 is 0 Å². The SMILES string of the molecule is Cc1ccccc1CNc1nncc(NC(C)c2ccccc2)n1. The molecule has 0 saturated heterocycles. The van der Waals surface area contributed by atoms with E-state index in [9.17, 15) is 0 Å². The van der Waals surface area contributed by atoms with Crippen LogP contribution in [0.2, 0.25) is 0 Å². The van der Waals surface area contributed by atoms with Crippen LogP contribution >= 0.6 is 0 Å². The first-order valence-corrected chi connectivity index (χ1v) is 8.02. The molecule has 2 aromatic carbocycles. The van der Waals surface area contributed by atoms with Crippen LogP contribution in [-0.2, 0) is 6.54 Å². The summed E-state index contributed by atoms with van der Waals surface area (Å²) in [7, 11) is 0. The molecule has 0 saturated carbocycles. The average Bonchev–Trinajstić information content (AvgIpc) is 2.62. The third kappa shape index (κ3) is 4.07. The van der Waals surface area contributed by atoms with Crippen molar-refractivity contribution in [3.63, 3.8) is 0 Å². The molecule has 1 atom stereocenters. The van der Waals surface area contributed by atoms with Crippen LogP contribution in [0.3, 0.4) is 0 Å². The molecule has 0 aliphatic carbocycles. The largest absolute Gasteiger partial charge is 0.362 e. The maximum atomic E-state index is 4.49. The topological polar surface area (TPSA) is 62.7 Å². The van der Waals surface area contributed by atoms with E-state index in [1.165, 1.54) is 16.7 Å². The van der Waals surface area contributed by atoms with E-state index in [2.05, 4.69) is 63.9 Å². The Morgan fingerprint density at radius 2 is 1.75 bits per heavy atom. The number of hydrogen-bond donors (Lipinski definition) is 2. The lowest BCUT2D eigenvalue weighted by Crippen LogP contribution is -2.11. The van der Waals surface area contributed by atoms with Gasteiger partial charge in [-0.3, -0.25) is 0 Å². The van der Waals surface area contributed by atoms with Crippen LogP contribution in [0.25, 0.3) is 0 Å². The highest BCUT2D eigenvalue weighted by atomic mass is 15.3. The van der Waals surface area contributed by atoms with E-state index in [-0.39, 0.29) is 6.04 Å². The van der Waals surface area contributed by atoms with Crippen LogP contribution in [0.5, 0.6) is 0 Å². The smallest absolute Gasteiger partial charge is 0.244 e. The zero-order chi connectivity index (χ0) is 16.8. The summed E-state index contributed by atoms with van der Waals surface area (Å²) in [5, 5.41) is 14.7. The number of rotatable bonds is 6. The number of aryl methyl sites for hydroxylation is 1. The second kappa shape index (κ2) is 7.55. The molecule has 1 unspecified atom stereocenters. The first-order chi connectivity index (χ1) is 11.7. The third-order valence-electron chi connectivity index (χ3n) is 3.92. The molecule has 0 bridgehead atoms. The molecular weight excluding hydrogens is 298 g/mol. The Hall–Kier alpha value is -2.95. The monoisotopic (exact) mass is 319 g/mol. The Morgan fingerprint density at radius 1 is 1.00 bits per heavy atom. The lowest BCUT2D eigenvalue weighted by Gasteiger charge is -2.15. The maximum absolute atomic E-state index is 4.49. The Bertz CT molecular complexity index is 789. The summed E-state index contributed by atoms with van der Waals surface area (Å²) < 4.78 is 0. The van der Waals surface area contributed by atoms with Crippen molar-refractivity contribution in [2.45, 2.75) is 26.4 Å². The number of nitrogens with zero attached hydrogens (tertiary/aromatic N) is 3. The maximum Gasteiger partial charge on any atom is 0.244 e. The summed E-state index contributed by atoms with van der Waals surface area (Å²) in [5.41, 5.74) is 3.66. The fourth-order valence-corrected chi connectivity index (χ4v) is 2.48. The number of benzene rings is 2. The Kier molecular flexibility index (Phi) is 5.01. The normalized spacial score (nSPS) is 11.8. The van der Waals surface area contributed by atoms with Crippen molar-refractivity contribution >= 4 is 11.8 Å². The van der Waals surface area contributed by atoms with E-state index in [1.54, 1.807) is 6.20 Å². The quantitative estimate of drug-likeness (QED) is 0.720. The molecule has 0 aliphatic rings. The van der Waals surface area contributed by atoms with Crippen molar-refractivity contribution in [3.05, 3.63) is 77.5 Å². The van der Waals surface area contributed by atoms with Crippen molar-refractivity contribution in [1.29, 1.82) is 0 Å². The zero-order valence-corrected chi connectivity index (χ0v) is 13.9. The van der Waals surface area contributed by atoms with Gasteiger partial charge < -0.3 is 10.6 Å². The van der Waals surface area contributed by atoms with Gasteiger partial charge in [0.25, 0.3) is 0 Å². The molecule has 0 amide bonds. The van der Waals surface area contributed by atoms with E-state index in [0.29, 0.717) is 18.3 Å². The minimum atomic E-state index is 0.145. The molecule has 2 N–H and O–H groups in total. The van der Waals surface area contributed by atoms with Gasteiger partial charge in [0.2, 0.25) is 5.95 Å². The van der Waals surface area contributed by atoms with Crippen molar-refractivity contribution in [2.75, 3.05) is 10.6 Å². The number of nitrogens with one attached hydrogen (secondary N) is 2. The first-order valence-electron chi connectivity index (χ1n) is 8.02. The molecule has 24 heavy (non-hydrogen) atoms. The van der Waals surface area contributed by atoms with Crippen LogP contribution in [0.4, 0.5) is 11.8 Å². The van der Waals surface area contributed by atoms with Crippen LogP contribution in [0.15, 0.2) is 60.8 Å². The van der Waals surface area contributed by atoms with Gasteiger partial charge in [0.15, 0.2) is 5.82 Å². The van der Waals surface area contributed by atoms with Crippen molar-refractivity contribution < 1.29 is 0 Å². The molecule has 3 aromatic rings. The summed E-state index contributed by atoms with van der Waals surface area (Å²) in [6.07, 6.45) is 1.64. The van der Waals surface area contributed by atoms with Gasteiger partial charge in [-0.05, 0) is 30.5 Å². The minimum absolute atomic E-state index is 0.145. The van der Waals surface area contributed by atoms with Gasteiger partial charge in [0.1, 0.15) is 0 Å². The fourth-order valence-electron chi connectivity index (χ4n) is 2.48. The molecule has 1 aromatic heterocycles. The molecule has 3 rings (SSSR count). The van der Waals surface area contributed by atoms with Gasteiger partial charge in [-0.1, -0.05) is 54.6 Å².